The Kier molecular flexibility index (Phi) is 5.63. The number of hydrogen-bond acceptors (Lipinski definition) is 5. The number of amides is 1. The van der Waals surface area contributed by atoms with Gasteiger partial charge in [-0.3, -0.25) is 4.79 Å². The molecule has 0 fully saturated rings. The number of alkyl halides is 3. The van der Waals surface area contributed by atoms with Crippen LogP contribution >= 0.6 is 0 Å². The van der Waals surface area contributed by atoms with E-state index in [-0.39, 0.29) is 22.6 Å². The van der Waals surface area contributed by atoms with Gasteiger partial charge in [0.15, 0.2) is 0 Å². The van der Waals surface area contributed by atoms with Gasteiger partial charge in [-0.1, -0.05) is 47.6 Å². The van der Waals surface area contributed by atoms with Gasteiger partial charge in [0.25, 0.3) is 5.91 Å². The van der Waals surface area contributed by atoms with Crippen LogP contribution in [-0.4, -0.2) is 17.3 Å². The van der Waals surface area contributed by atoms with E-state index in [1.165, 1.54) is 30.5 Å². The fourth-order valence-corrected chi connectivity index (χ4v) is 3.07. The van der Waals surface area contributed by atoms with Gasteiger partial charge in [0, 0.05) is 11.1 Å². The lowest BCUT2D eigenvalue weighted by atomic mass is 10.1. The summed E-state index contributed by atoms with van der Waals surface area (Å²) in [4.78, 5) is 12.6. The Labute approximate surface area is 180 Å². The van der Waals surface area contributed by atoms with Crippen LogP contribution in [0.2, 0.25) is 0 Å². The lowest BCUT2D eigenvalue weighted by molar-refractivity contribution is -0.137. The minimum absolute atomic E-state index is 0.241. The van der Waals surface area contributed by atoms with Crippen LogP contribution in [-0.2, 0) is 6.18 Å². The van der Waals surface area contributed by atoms with Crippen molar-refractivity contribution >= 4 is 12.1 Å². The molecule has 0 aliphatic rings. The minimum Gasteiger partial charge on any atom is -0.455 e. The first kappa shape index (κ1) is 21.1. The number of carbonyl (C=O) groups excluding carboxylic acids is 1. The fraction of sp³-hybridized carbons (Fsp3) is 0.0870. The summed E-state index contributed by atoms with van der Waals surface area (Å²) in [6, 6.07) is 16.9. The summed E-state index contributed by atoms with van der Waals surface area (Å²) in [5.41, 5.74) is 3.24. The zero-order valence-electron chi connectivity index (χ0n) is 16.7. The smallest absolute Gasteiger partial charge is 0.416 e. The Morgan fingerprint density at radius 3 is 2.53 bits per heavy atom. The predicted molar refractivity (Wildman–Crippen MR) is 111 cm³/mol. The summed E-state index contributed by atoms with van der Waals surface area (Å²) in [5, 5.41) is 7.82. The molecule has 0 atom stereocenters. The van der Waals surface area contributed by atoms with Crippen molar-refractivity contribution in [2.45, 2.75) is 13.1 Å². The number of rotatable bonds is 5. The lowest BCUT2D eigenvalue weighted by Gasteiger charge is -2.07. The van der Waals surface area contributed by atoms with E-state index in [0.717, 1.165) is 17.7 Å². The number of hydrazone groups is 1. The van der Waals surface area contributed by atoms with E-state index in [1.54, 1.807) is 19.1 Å². The summed E-state index contributed by atoms with van der Waals surface area (Å²) < 4.78 is 49.4. The Hall–Kier alpha value is -4.14. The van der Waals surface area contributed by atoms with E-state index < -0.39 is 17.6 Å². The summed E-state index contributed by atoms with van der Waals surface area (Å²) in [7, 11) is 0. The Morgan fingerprint density at radius 2 is 1.78 bits per heavy atom. The number of aryl methyl sites for hydroxylation is 1. The molecule has 4 rings (SSSR count). The van der Waals surface area contributed by atoms with Crippen LogP contribution in [0.25, 0.3) is 22.6 Å². The molecule has 162 valence electrons. The number of aromatic nitrogens is 1. The molecule has 0 bridgehead atoms. The third-order valence-electron chi connectivity index (χ3n) is 4.60. The maximum atomic E-state index is 12.9. The molecular formula is C23H16F3N3O3. The molecule has 9 heteroatoms. The average molecular weight is 439 g/mol. The number of halogens is 3. The second-order valence-electron chi connectivity index (χ2n) is 6.81. The molecule has 1 amide bonds. The third-order valence-corrected chi connectivity index (χ3v) is 4.60. The number of carbonyl (C=O) groups is 1. The molecule has 0 aliphatic heterocycles. The Bertz CT molecular complexity index is 1270. The first-order valence-corrected chi connectivity index (χ1v) is 9.45. The second kappa shape index (κ2) is 8.54. The quantitative estimate of drug-likeness (QED) is 0.320. The molecule has 0 unspecified atom stereocenters. The van der Waals surface area contributed by atoms with Crippen LogP contribution in [0.4, 0.5) is 13.2 Å². The number of benzene rings is 2. The standard InChI is InChI=1S/C23H16F3N3O3/c1-14-20(21(29-32-14)15-6-3-2-4-7-15)22(30)28-27-13-18-10-11-19(31-18)16-8-5-9-17(12-16)23(24,25)26/h2-13H,1H3,(H,28,30)/b27-13-. The van der Waals surface area contributed by atoms with Gasteiger partial charge in [-0.25, -0.2) is 5.43 Å². The first-order chi connectivity index (χ1) is 15.3. The molecule has 4 aromatic rings. The first-order valence-electron chi connectivity index (χ1n) is 9.45. The van der Waals surface area contributed by atoms with Crippen molar-refractivity contribution in [3.63, 3.8) is 0 Å². The largest absolute Gasteiger partial charge is 0.455 e. The van der Waals surface area contributed by atoms with Crippen molar-refractivity contribution in [1.29, 1.82) is 0 Å². The van der Waals surface area contributed by atoms with Crippen LogP contribution in [0.3, 0.4) is 0 Å². The third kappa shape index (κ3) is 4.46. The molecule has 2 aromatic carbocycles. The molecule has 32 heavy (non-hydrogen) atoms. The van der Waals surface area contributed by atoms with Gasteiger partial charge in [-0.15, -0.1) is 0 Å². The number of hydrogen-bond donors (Lipinski definition) is 1. The predicted octanol–water partition coefficient (Wildman–Crippen LogP) is 5.69. The zero-order valence-corrected chi connectivity index (χ0v) is 16.7. The van der Waals surface area contributed by atoms with Crippen LogP contribution < -0.4 is 5.43 Å². The second-order valence-corrected chi connectivity index (χ2v) is 6.81. The van der Waals surface area contributed by atoms with Gasteiger partial charge in [-0.2, -0.15) is 18.3 Å². The van der Waals surface area contributed by atoms with Crippen molar-refractivity contribution in [3.8, 4) is 22.6 Å². The fourth-order valence-electron chi connectivity index (χ4n) is 3.07. The van der Waals surface area contributed by atoms with Crippen molar-refractivity contribution in [3.05, 3.63) is 89.4 Å². The maximum absolute atomic E-state index is 12.9. The highest BCUT2D eigenvalue weighted by Crippen LogP contribution is 2.32. The van der Waals surface area contributed by atoms with Crippen LogP contribution in [0.5, 0.6) is 0 Å². The lowest BCUT2D eigenvalue weighted by Crippen LogP contribution is -2.18. The number of nitrogens with zero attached hydrogens (tertiary/aromatic N) is 2. The molecule has 0 aliphatic carbocycles. The normalized spacial score (nSPS) is 11.8. The Balaban J connectivity index is 1.48. The van der Waals surface area contributed by atoms with Crippen molar-refractivity contribution in [1.82, 2.24) is 10.6 Å². The van der Waals surface area contributed by atoms with Gasteiger partial charge in [-0.05, 0) is 31.2 Å². The van der Waals surface area contributed by atoms with Crippen LogP contribution in [0.1, 0.15) is 27.4 Å². The molecule has 1 N–H and O–H groups in total. The van der Waals surface area contributed by atoms with E-state index in [0.29, 0.717) is 11.5 Å². The molecular weight excluding hydrogens is 423 g/mol. The summed E-state index contributed by atoms with van der Waals surface area (Å²) in [5.74, 6) is 0.304. The zero-order chi connectivity index (χ0) is 22.7. The van der Waals surface area contributed by atoms with Crippen LogP contribution in [0, 0.1) is 6.92 Å². The average Bonchev–Trinajstić information content (AvgIpc) is 3.40. The molecule has 0 saturated carbocycles. The molecule has 6 nitrogen and oxygen atoms in total. The molecule has 0 spiro atoms. The van der Waals surface area contributed by atoms with E-state index in [9.17, 15) is 18.0 Å². The SMILES string of the molecule is Cc1onc(-c2ccccc2)c1C(=O)N/N=C\c1ccc(-c2cccc(C(F)(F)F)c2)o1. The highest BCUT2D eigenvalue weighted by atomic mass is 19.4. The highest BCUT2D eigenvalue weighted by molar-refractivity contribution is 6.01. The minimum atomic E-state index is -4.45. The Morgan fingerprint density at radius 1 is 1.03 bits per heavy atom. The summed E-state index contributed by atoms with van der Waals surface area (Å²) >= 11 is 0. The van der Waals surface area contributed by atoms with Crippen molar-refractivity contribution < 1.29 is 26.9 Å². The van der Waals surface area contributed by atoms with Gasteiger partial charge >= 0.3 is 6.18 Å². The topological polar surface area (TPSA) is 80.6 Å². The summed E-state index contributed by atoms with van der Waals surface area (Å²) in [6.45, 7) is 1.62. The molecule has 0 radical (unpaired) electrons. The van der Waals surface area contributed by atoms with Gasteiger partial charge in [0.1, 0.15) is 28.5 Å². The maximum Gasteiger partial charge on any atom is 0.416 e. The number of furan rings is 1. The van der Waals surface area contributed by atoms with Crippen molar-refractivity contribution in [2.75, 3.05) is 0 Å². The van der Waals surface area contributed by atoms with Gasteiger partial charge in [0.05, 0.1) is 11.8 Å². The highest BCUT2D eigenvalue weighted by Gasteiger charge is 2.30. The van der Waals surface area contributed by atoms with Gasteiger partial charge < -0.3 is 8.94 Å². The van der Waals surface area contributed by atoms with Crippen molar-refractivity contribution in [2.24, 2.45) is 5.10 Å². The summed E-state index contributed by atoms with van der Waals surface area (Å²) in [6.07, 6.45) is -3.20. The van der Waals surface area contributed by atoms with Crippen LogP contribution in [0.15, 0.2) is 80.8 Å². The van der Waals surface area contributed by atoms with E-state index in [2.05, 4.69) is 15.7 Å². The van der Waals surface area contributed by atoms with E-state index >= 15 is 0 Å². The van der Waals surface area contributed by atoms with E-state index in [4.69, 9.17) is 8.94 Å². The van der Waals surface area contributed by atoms with E-state index in [1.807, 2.05) is 18.2 Å². The molecule has 2 heterocycles. The molecule has 0 saturated heterocycles. The molecule has 2 aromatic heterocycles. The monoisotopic (exact) mass is 439 g/mol. The van der Waals surface area contributed by atoms with Gasteiger partial charge in [0.2, 0.25) is 0 Å². The number of nitrogens with one attached hydrogen (secondary N) is 1.